The minimum absolute atomic E-state index is 0.216. The number of hydrogen-bond acceptors (Lipinski definition) is 4. The highest BCUT2D eigenvalue weighted by Crippen LogP contribution is 2.25. The van der Waals surface area contributed by atoms with E-state index < -0.39 is 10.0 Å². The summed E-state index contributed by atoms with van der Waals surface area (Å²) in [6.45, 7) is 1.17. The second-order valence-electron chi connectivity index (χ2n) is 7.40. The van der Waals surface area contributed by atoms with Crippen molar-refractivity contribution in [1.82, 2.24) is 4.31 Å². The van der Waals surface area contributed by atoms with E-state index in [2.05, 4.69) is 5.32 Å². The SMILES string of the molecule is COc1cccc(NC(=O)c2ccc(-c3ccc(S(=O)(=O)N4CCCC4)cc3)cc2)c1. The predicted octanol–water partition coefficient (Wildman–Crippen LogP) is 4.40. The van der Waals surface area contributed by atoms with Gasteiger partial charge in [-0.3, -0.25) is 4.79 Å². The largest absolute Gasteiger partial charge is 0.497 e. The van der Waals surface area contributed by atoms with E-state index in [0.29, 0.717) is 35.0 Å². The van der Waals surface area contributed by atoms with E-state index in [0.717, 1.165) is 24.0 Å². The van der Waals surface area contributed by atoms with Crippen LogP contribution in [0.15, 0.2) is 77.7 Å². The van der Waals surface area contributed by atoms with Gasteiger partial charge in [0, 0.05) is 30.4 Å². The maximum atomic E-state index is 12.7. The van der Waals surface area contributed by atoms with E-state index in [1.54, 1.807) is 55.6 Å². The van der Waals surface area contributed by atoms with Crippen molar-refractivity contribution < 1.29 is 17.9 Å². The number of carbonyl (C=O) groups is 1. The van der Waals surface area contributed by atoms with Gasteiger partial charge in [-0.15, -0.1) is 0 Å². The minimum Gasteiger partial charge on any atom is -0.497 e. The van der Waals surface area contributed by atoms with Gasteiger partial charge in [-0.25, -0.2) is 8.42 Å². The van der Waals surface area contributed by atoms with Gasteiger partial charge in [0.25, 0.3) is 5.91 Å². The molecule has 0 aromatic heterocycles. The number of benzene rings is 3. The Labute approximate surface area is 182 Å². The van der Waals surface area contributed by atoms with Crippen LogP contribution in [0.1, 0.15) is 23.2 Å². The number of nitrogens with zero attached hydrogens (tertiary/aromatic N) is 1. The van der Waals surface area contributed by atoms with Crippen molar-refractivity contribution in [3.05, 3.63) is 78.4 Å². The molecule has 31 heavy (non-hydrogen) atoms. The number of amides is 1. The van der Waals surface area contributed by atoms with Crippen LogP contribution in [0.4, 0.5) is 5.69 Å². The molecule has 1 fully saturated rings. The average molecular weight is 437 g/mol. The van der Waals surface area contributed by atoms with Gasteiger partial charge in [-0.2, -0.15) is 4.31 Å². The highest BCUT2D eigenvalue weighted by atomic mass is 32.2. The molecule has 3 aromatic carbocycles. The average Bonchev–Trinajstić information content (AvgIpc) is 3.35. The molecule has 0 bridgehead atoms. The van der Waals surface area contributed by atoms with Crippen LogP contribution in [0.25, 0.3) is 11.1 Å². The van der Waals surface area contributed by atoms with Gasteiger partial charge < -0.3 is 10.1 Å². The van der Waals surface area contributed by atoms with Gasteiger partial charge in [0.15, 0.2) is 0 Å². The first-order valence-corrected chi connectivity index (χ1v) is 11.6. The second kappa shape index (κ2) is 8.91. The summed E-state index contributed by atoms with van der Waals surface area (Å²) in [5, 5.41) is 2.85. The van der Waals surface area contributed by atoms with Gasteiger partial charge in [-0.1, -0.05) is 30.3 Å². The minimum atomic E-state index is -3.42. The fourth-order valence-electron chi connectivity index (χ4n) is 3.62. The number of hydrogen-bond donors (Lipinski definition) is 1. The molecule has 160 valence electrons. The maximum Gasteiger partial charge on any atom is 0.255 e. The third-order valence-corrected chi connectivity index (χ3v) is 7.28. The molecule has 0 atom stereocenters. The lowest BCUT2D eigenvalue weighted by Crippen LogP contribution is -2.27. The Morgan fingerprint density at radius 2 is 1.52 bits per heavy atom. The van der Waals surface area contributed by atoms with Crippen LogP contribution >= 0.6 is 0 Å². The Hall–Kier alpha value is -3.16. The molecule has 0 spiro atoms. The van der Waals surface area contributed by atoms with Crippen molar-refractivity contribution in [2.45, 2.75) is 17.7 Å². The van der Waals surface area contributed by atoms with Crippen LogP contribution in [0.2, 0.25) is 0 Å². The van der Waals surface area contributed by atoms with Crippen LogP contribution in [0, 0.1) is 0 Å². The molecule has 3 aromatic rings. The molecule has 7 heteroatoms. The number of ether oxygens (including phenoxy) is 1. The monoisotopic (exact) mass is 436 g/mol. The molecule has 0 aliphatic carbocycles. The second-order valence-corrected chi connectivity index (χ2v) is 9.34. The molecular weight excluding hydrogens is 412 g/mol. The number of methoxy groups -OCH3 is 1. The van der Waals surface area contributed by atoms with Crippen molar-refractivity contribution in [3.63, 3.8) is 0 Å². The van der Waals surface area contributed by atoms with E-state index in [4.69, 9.17) is 4.74 Å². The molecule has 0 unspecified atom stereocenters. The lowest BCUT2D eigenvalue weighted by atomic mass is 10.0. The van der Waals surface area contributed by atoms with E-state index in [1.807, 2.05) is 24.3 Å². The molecule has 1 N–H and O–H groups in total. The van der Waals surface area contributed by atoms with Crippen molar-refractivity contribution in [2.24, 2.45) is 0 Å². The summed E-state index contributed by atoms with van der Waals surface area (Å²) in [7, 11) is -1.84. The molecule has 0 radical (unpaired) electrons. The number of anilines is 1. The van der Waals surface area contributed by atoms with Gasteiger partial charge in [0.1, 0.15) is 5.75 Å². The van der Waals surface area contributed by atoms with Gasteiger partial charge in [0.2, 0.25) is 10.0 Å². The Balaban J connectivity index is 1.47. The van der Waals surface area contributed by atoms with Crippen LogP contribution in [-0.2, 0) is 10.0 Å². The highest BCUT2D eigenvalue weighted by Gasteiger charge is 2.26. The smallest absolute Gasteiger partial charge is 0.255 e. The lowest BCUT2D eigenvalue weighted by molar-refractivity contribution is 0.102. The molecule has 1 aliphatic heterocycles. The molecule has 1 heterocycles. The number of rotatable bonds is 6. The van der Waals surface area contributed by atoms with E-state index in [1.165, 1.54) is 4.31 Å². The summed E-state index contributed by atoms with van der Waals surface area (Å²) in [5.74, 6) is 0.454. The molecule has 1 aliphatic rings. The topological polar surface area (TPSA) is 75.7 Å². The first-order valence-electron chi connectivity index (χ1n) is 10.1. The van der Waals surface area contributed by atoms with Crippen molar-refractivity contribution >= 4 is 21.6 Å². The Kier molecular flexibility index (Phi) is 6.06. The molecule has 1 amide bonds. The van der Waals surface area contributed by atoms with Crippen LogP contribution in [0.5, 0.6) is 5.75 Å². The van der Waals surface area contributed by atoms with Gasteiger partial charge >= 0.3 is 0 Å². The number of nitrogens with one attached hydrogen (secondary N) is 1. The Morgan fingerprint density at radius 3 is 2.13 bits per heavy atom. The zero-order chi connectivity index (χ0) is 21.8. The molecule has 1 saturated heterocycles. The van der Waals surface area contributed by atoms with E-state index in [9.17, 15) is 13.2 Å². The summed E-state index contributed by atoms with van der Waals surface area (Å²) in [5.41, 5.74) is 2.98. The zero-order valence-corrected chi connectivity index (χ0v) is 18.1. The van der Waals surface area contributed by atoms with Gasteiger partial charge in [-0.05, 0) is 60.4 Å². The zero-order valence-electron chi connectivity index (χ0n) is 17.2. The Morgan fingerprint density at radius 1 is 0.903 bits per heavy atom. The quantitative estimate of drug-likeness (QED) is 0.621. The first-order chi connectivity index (χ1) is 15.0. The summed E-state index contributed by atoms with van der Waals surface area (Å²) >= 11 is 0. The van der Waals surface area contributed by atoms with E-state index in [-0.39, 0.29) is 5.91 Å². The van der Waals surface area contributed by atoms with Crippen molar-refractivity contribution in [3.8, 4) is 16.9 Å². The third-order valence-electron chi connectivity index (χ3n) is 5.37. The maximum absolute atomic E-state index is 12.7. The van der Waals surface area contributed by atoms with Crippen molar-refractivity contribution in [2.75, 3.05) is 25.5 Å². The van der Waals surface area contributed by atoms with Crippen LogP contribution < -0.4 is 10.1 Å². The molecule has 0 saturated carbocycles. The number of sulfonamides is 1. The third kappa shape index (κ3) is 4.62. The van der Waals surface area contributed by atoms with E-state index >= 15 is 0 Å². The summed E-state index contributed by atoms with van der Waals surface area (Å²) in [4.78, 5) is 12.8. The molecule has 6 nitrogen and oxygen atoms in total. The fraction of sp³-hybridized carbons (Fsp3) is 0.208. The fourth-order valence-corrected chi connectivity index (χ4v) is 5.13. The summed E-state index contributed by atoms with van der Waals surface area (Å²) < 4.78 is 32.0. The predicted molar refractivity (Wildman–Crippen MR) is 121 cm³/mol. The lowest BCUT2D eigenvalue weighted by Gasteiger charge is -2.15. The van der Waals surface area contributed by atoms with Crippen LogP contribution in [0.3, 0.4) is 0 Å². The van der Waals surface area contributed by atoms with Crippen molar-refractivity contribution in [1.29, 1.82) is 0 Å². The van der Waals surface area contributed by atoms with Gasteiger partial charge in [0.05, 0.1) is 12.0 Å². The Bertz CT molecular complexity index is 1170. The normalized spacial score (nSPS) is 14.4. The molecule has 4 rings (SSSR count). The highest BCUT2D eigenvalue weighted by molar-refractivity contribution is 7.89. The van der Waals surface area contributed by atoms with Crippen LogP contribution in [-0.4, -0.2) is 38.8 Å². The standard InChI is InChI=1S/C24H24N2O4S/c1-30-22-6-4-5-21(17-22)25-24(27)20-9-7-18(8-10-20)19-11-13-23(14-12-19)31(28,29)26-15-2-3-16-26/h4-14,17H,2-3,15-16H2,1H3,(H,25,27). The summed E-state index contributed by atoms with van der Waals surface area (Å²) in [6, 6.07) is 21.3. The molecular formula is C24H24N2O4S. The number of carbonyl (C=O) groups excluding carboxylic acids is 1. The first kappa shape index (κ1) is 21.1. The summed E-state index contributed by atoms with van der Waals surface area (Å²) in [6.07, 6.45) is 1.82.